The van der Waals surface area contributed by atoms with E-state index in [2.05, 4.69) is 26.7 Å². The summed E-state index contributed by atoms with van der Waals surface area (Å²) in [4.78, 5) is 4.69. The smallest absolute Gasteiger partial charge is 0.140 e. The van der Waals surface area contributed by atoms with Crippen molar-refractivity contribution >= 4 is 22.6 Å². The Hall–Kier alpha value is -2.35. The van der Waals surface area contributed by atoms with E-state index in [-0.39, 0.29) is 0 Å². The molecule has 0 saturated carbocycles. The predicted molar refractivity (Wildman–Crippen MR) is 88.8 cm³/mol. The predicted octanol–water partition coefficient (Wildman–Crippen LogP) is 3.33. The van der Waals surface area contributed by atoms with Crippen molar-refractivity contribution < 1.29 is 4.39 Å². The summed E-state index contributed by atoms with van der Waals surface area (Å²) in [6.07, 6.45) is 0. The lowest BCUT2D eigenvalue weighted by molar-refractivity contribution is 0.514. The highest BCUT2D eigenvalue weighted by atomic mass is 35.5. The summed E-state index contributed by atoms with van der Waals surface area (Å²) in [7, 11) is 0. The molecule has 5 heteroatoms. The minimum absolute atomic E-state index is 0.331. The number of para-hydroxylation sites is 1. The molecule has 1 aliphatic heterocycles. The van der Waals surface area contributed by atoms with Crippen LogP contribution in [0.15, 0.2) is 36.4 Å². The molecule has 3 aromatic rings. The third-order valence-corrected chi connectivity index (χ3v) is 4.15. The van der Waals surface area contributed by atoms with Crippen molar-refractivity contribution in [3.63, 3.8) is 0 Å². The average Bonchev–Trinajstić information content (AvgIpc) is 2.93. The molecule has 0 unspecified atom stereocenters. The van der Waals surface area contributed by atoms with E-state index in [1.54, 1.807) is 12.1 Å². The Morgan fingerprint density at radius 2 is 2.04 bits per heavy atom. The average molecular weight is 326 g/mol. The van der Waals surface area contributed by atoms with E-state index >= 15 is 0 Å². The number of benzene rings is 2. The number of halogens is 2. The maximum absolute atomic E-state index is 13.8. The highest BCUT2D eigenvalue weighted by Gasteiger charge is 2.15. The van der Waals surface area contributed by atoms with Crippen LogP contribution in [0.2, 0.25) is 5.02 Å². The summed E-state index contributed by atoms with van der Waals surface area (Å²) < 4.78 is 16.0. The first-order chi connectivity index (χ1) is 11.2. The number of hydrogen-bond donors (Lipinski definition) is 1. The molecule has 1 aromatic heterocycles. The molecule has 2 aromatic carbocycles. The van der Waals surface area contributed by atoms with Gasteiger partial charge in [-0.15, -0.1) is 0 Å². The van der Waals surface area contributed by atoms with Gasteiger partial charge in [-0.3, -0.25) is 0 Å². The minimum atomic E-state index is -0.412. The van der Waals surface area contributed by atoms with Crippen molar-refractivity contribution in [2.24, 2.45) is 0 Å². The number of nitrogens with zero attached hydrogens (tertiary/aromatic N) is 2. The Morgan fingerprint density at radius 1 is 1.17 bits per heavy atom. The molecule has 0 radical (unpaired) electrons. The second-order valence-corrected chi connectivity index (χ2v) is 5.84. The molecule has 3 nitrogen and oxygen atoms in total. The molecule has 0 atom stereocenters. The second-order valence-electron chi connectivity index (χ2n) is 5.40. The van der Waals surface area contributed by atoms with Crippen LogP contribution in [0.1, 0.15) is 17.0 Å². The van der Waals surface area contributed by atoms with Crippen LogP contribution < -0.4 is 5.32 Å². The van der Waals surface area contributed by atoms with Crippen LogP contribution in [0.4, 0.5) is 4.39 Å². The number of aromatic nitrogens is 2. The van der Waals surface area contributed by atoms with Crippen LogP contribution in [-0.4, -0.2) is 16.1 Å². The van der Waals surface area contributed by atoms with Gasteiger partial charge in [-0.1, -0.05) is 29.5 Å². The SMILES string of the molecule is Fc1cc(Cl)ccc1C#Cc1cccc2c1nc1n2CCNC1. The van der Waals surface area contributed by atoms with Crippen LogP contribution in [0.5, 0.6) is 0 Å². The van der Waals surface area contributed by atoms with Gasteiger partial charge in [-0.2, -0.15) is 0 Å². The molecular formula is C18H13ClFN3. The second kappa shape index (κ2) is 5.69. The fraction of sp³-hybridized carbons (Fsp3) is 0.167. The van der Waals surface area contributed by atoms with E-state index in [0.29, 0.717) is 10.6 Å². The first-order valence-corrected chi connectivity index (χ1v) is 7.76. The van der Waals surface area contributed by atoms with Gasteiger partial charge in [0.15, 0.2) is 0 Å². The quantitative estimate of drug-likeness (QED) is 0.643. The van der Waals surface area contributed by atoms with Crippen LogP contribution in [0.3, 0.4) is 0 Å². The Balaban J connectivity index is 1.81. The normalized spacial score (nSPS) is 13.5. The van der Waals surface area contributed by atoms with Gasteiger partial charge in [-0.25, -0.2) is 9.37 Å². The summed E-state index contributed by atoms with van der Waals surface area (Å²) in [5.41, 5.74) is 3.08. The van der Waals surface area contributed by atoms with Crippen molar-refractivity contribution in [1.82, 2.24) is 14.9 Å². The maximum atomic E-state index is 13.8. The topological polar surface area (TPSA) is 29.9 Å². The molecule has 0 saturated heterocycles. The van der Waals surface area contributed by atoms with Crippen molar-refractivity contribution in [3.05, 3.63) is 64.2 Å². The highest BCUT2D eigenvalue weighted by Crippen LogP contribution is 2.21. The van der Waals surface area contributed by atoms with Crippen molar-refractivity contribution in [2.75, 3.05) is 6.54 Å². The van der Waals surface area contributed by atoms with E-state index in [1.165, 1.54) is 6.07 Å². The fourth-order valence-electron chi connectivity index (χ4n) is 2.80. The van der Waals surface area contributed by atoms with E-state index in [9.17, 15) is 4.39 Å². The molecule has 1 aliphatic rings. The number of fused-ring (bicyclic) bond motifs is 3. The van der Waals surface area contributed by atoms with Gasteiger partial charge in [0.25, 0.3) is 0 Å². The van der Waals surface area contributed by atoms with Gasteiger partial charge < -0.3 is 9.88 Å². The van der Waals surface area contributed by atoms with Crippen molar-refractivity contribution in [3.8, 4) is 11.8 Å². The van der Waals surface area contributed by atoms with E-state index in [1.807, 2.05) is 18.2 Å². The zero-order chi connectivity index (χ0) is 15.8. The number of hydrogen-bond acceptors (Lipinski definition) is 2. The summed E-state index contributed by atoms with van der Waals surface area (Å²) in [5.74, 6) is 6.53. The minimum Gasteiger partial charge on any atom is -0.326 e. The summed E-state index contributed by atoms with van der Waals surface area (Å²) in [6, 6.07) is 10.4. The Morgan fingerprint density at radius 3 is 2.91 bits per heavy atom. The van der Waals surface area contributed by atoms with Gasteiger partial charge in [0.2, 0.25) is 0 Å². The van der Waals surface area contributed by atoms with Gasteiger partial charge in [0.05, 0.1) is 23.2 Å². The van der Waals surface area contributed by atoms with Gasteiger partial charge in [0, 0.05) is 18.1 Å². The van der Waals surface area contributed by atoms with Crippen molar-refractivity contribution in [2.45, 2.75) is 13.1 Å². The zero-order valence-electron chi connectivity index (χ0n) is 12.2. The first-order valence-electron chi connectivity index (χ1n) is 7.38. The number of rotatable bonds is 0. The van der Waals surface area contributed by atoms with Gasteiger partial charge >= 0.3 is 0 Å². The van der Waals surface area contributed by atoms with Crippen LogP contribution >= 0.6 is 11.6 Å². The Labute approximate surface area is 138 Å². The molecule has 0 amide bonds. The Bertz CT molecular complexity index is 966. The van der Waals surface area contributed by atoms with Gasteiger partial charge in [-0.05, 0) is 30.3 Å². The molecule has 0 aliphatic carbocycles. The molecule has 2 heterocycles. The largest absolute Gasteiger partial charge is 0.326 e. The summed E-state index contributed by atoms with van der Waals surface area (Å²) >= 11 is 5.76. The standard InChI is InChI=1S/C18H13ClFN3/c19-14-7-6-12(15(20)10-14)4-5-13-2-1-3-16-18(13)22-17-11-21-8-9-23(16)17/h1-3,6-7,10,21H,8-9,11H2. The third-order valence-electron chi connectivity index (χ3n) is 3.92. The van der Waals surface area contributed by atoms with Gasteiger partial charge in [0.1, 0.15) is 17.2 Å². The van der Waals surface area contributed by atoms with Crippen LogP contribution in [0, 0.1) is 17.7 Å². The summed E-state index contributed by atoms with van der Waals surface area (Å²) in [6.45, 7) is 2.59. The van der Waals surface area contributed by atoms with Crippen LogP contribution in [-0.2, 0) is 13.1 Å². The summed E-state index contributed by atoms with van der Waals surface area (Å²) in [5, 5.41) is 3.68. The lowest BCUT2D eigenvalue weighted by Crippen LogP contribution is -2.28. The molecule has 0 bridgehead atoms. The molecule has 1 N–H and O–H groups in total. The fourth-order valence-corrected chi connectivity index (χ4v) is 2.96. The molecule has 0 spiro atoms. The molecule has 4 rings (SSSR count). The first kappa shape index (κ1) is 14.3. The number of nitrogens with one attached hydrogen (secondary N) is 1. The highest BCUT2D eigenvalue weighted by molar-refractivity contribution is 6.30. The van der Waals surface area contributed by atoms with E-state index < -0.39 is 5.82 Å². The molecule has 0 fully saturated rings. The molecular weight excluding hydrogens is 313 g/mol. The lowest BCUT2D eigenvalue weighted by atomic mass is 10.1. The molecule has 23 heavy (non-hydrogen) atoms. The molecule has 114 valence electrons. The van der Waals surface area contributed by atoms with E-state index in [4.69, 9.17) is 11.6 Å². The monoisotopic (exact) mass is 325 g/mol. The zero-order valence-corrected chi connectivity index (χ0v) is 13.0. The lowest BCUT2D eigenvalue weighted by Gasteiger charge is -2.15. The van der Waals surface area contributed by atoms with Crippen molar-refractivity contribution in [1.29, 1.82) is 0 Å². The third kappa shape index (κ3) is 2.59. The number of imidazole rings is 1. The maximum Gasteiger partial charge on any atom is 0.140 e. The van der Waals surface area contributed by atoms with E-state index in [0.717, 1.165) is 42.1 Å². The van der Waals surface area contributed by atoms with Crippen LogP contribution in [0.25, 0.3) is 11.0 Å². The Kier molecular flexibility index (Phi) is 3.53.